The molecule has 5 nitrogen and oxygen atoms in total. The Morgan fingerprint density at radius 3 is 2.32 bits per heavy atom. The zero-order valence-electron chi connectivity index (χ0n) is 16.7. The highest BCUT2D eigenvalue weighted by atomic mass is 35.5. The Hall–Kier alpha value is -2.77. The van der Waals surface area contributed by atoms with Gasteiger partial charge in [0.1, 0.15) is 17.0 Å². The van der Waals surface area contributed by atoms with Gasteiger partial charge in [-0.2, -0.15) is 10.1 Å². The Balaban J connectivity index is 2.00. The molecule has 0 atom stereocenters. The van der Waals surface area contributed by atoms with Crippen LogP contribution in [0.4, 0.5) is 8.78 Å². The second-order valence-electron chi connectivity index (χ2n) is 6.96. The van der Waals surface area contributed by atoms with Crippen LogP contribution in [0.3, 0.4) is 0 Å². The molecule has 0 radical (unpaired) electrons. The van der Waals surface area contributed by atoms with Crippen molar-refractivity contribution in [3.05, 3.63) is 64.4 Å². The summed E-state index contributed by atoms with van der Waals surface area (Å²) in [6.45, 7) is 2.24. The molecule has 0 aliphatic carbocycles. The SMILES string of the molecule is CCC(F)(F)COc1nc(C)nc2c(-c3ccccc3Cl)n(-c3ccccc3Cl)nc12. The van der Waals surface area contributed by atoms with E-state index in [1.54, 1.807) is 35.9 Å². The lowest BCUT2D eigenvalue weighted by Gasteiger charge is -2.14. The first kappa shape index (κ1) is 21.5. The monoisotopic (exact) mass is 462 g/mol. The molecule has 31 heavy (non-hydrogen) atoms. The van der Waals surface area contributed by atoms with Crippen LogP contribution in [0.15, 0.2) is 48.5 Å². The lowest BCUT2D eigenvalue weighted by Crippen LogP contribution is -2.24. The molecule has 0 saturated heterocycles. The van der Waals surface area contributed by atoms with Gasteiger partial charge in [0.15, 0.2) is 12.1 Å². The van der Waals surface area contributed by atoms with Crippen LogP contribution in [0.5, 0.6) is 5.88 Å². The van der Waals surface area contributed by atoms with Crippen LogP contribution >= 0.6 is 23.2 Å². The predicted molar refractivity (Wildman–Crippen MR) is 118 cm³/mol. The highest BCUT2D eigenvalue weighted by molar-refractivity contribution is 6.34. The summed E-state index contributed by atoms with van der Waals surface area (Å²) in [7, 11) is 0. The van der Waals surface area contributed by atoms with Crippen LogP contribution in [0.25, 0.3) is 28.0 Å². The van der Waals surface area contributed by atoms with Crippen molar-refractivity contribution in [1.82, 2.24) is 19.7 Å². The maximum atomic E-state index is 13.8. The first-order valence-corrected chi connectivity index (χ1v) is 10.3. The van der Waals surface area contributed by atoms with Gasteiger partial charge in [-0.3, -0.25) is 0 Å². The van der Waals surface area contributed by atoms with E-state index in [0.717, 1.165) is 0 Å². The van der Waals surface area contributed by atoms with Crippen molar-refractivity contribution in [1.29, 1.82) is 0 Å². The number of aromatic nitrogens is 4. The molecule has 0 bridgehead atoms. The Kier molecular flexibility index (Phi) is 5.81. The zero-order chi connectivity index (χ0) is 22.2. The van der Waals surface area contributed by atoms with Gasteiger partial charge >= 0.3 is 0 Å². The summed E-state index contributed by atoms with van der Waals surface area (Å²) in [4.78, 5) is 8.75. The Morgan fingerprint density at radius 1 is 0.968 bits per heavy atom. The minimum absolute atomic E-state index is 0.0188. The molecule has 4 rings (SSSR count). The highest BCUT2D eigenvalue weighted by Crippen LogP contribution is 2.38. The fourth-order valence-electron chi connectivity index (χ4n) is 3.12. The minimum Gasteiger partial charge on any atom is -0.470 e. The molecule has 0 amide bonds. The molecule has 9 heteroatoms. The third-order valence-electron chi connectivity index (χ3n) is 4.75. The van der Waals surface area contributed by atoms with E-state index in [1.165, 1.54) is 6.92 Å². The van der Waals surface area contributed by atoms with Crippen LogP contribution in [0, 0.1) is 6.92 Å². The molecular weight excluding hydrogens is 445 g/mol. The van der Waals surface area contributed by atoms with Crippen molar-refractivity contribution in [2.24, 2.45) is 0 Å². The van der Waals surface area contributed by atoms with Crippen molar-refractivity contribution in [2.75, 3.05) is 6.61 Å². The number of aryl methyl sites for hydroxylation is 1. The van der Waals surface area contributed by atoms with E-state index in [9.17, 15) is 8.78 Å². The largest absolute Gasteiger partial charge is 0.470 e. The normalized spacial score (nSPS) is 11.8. The fraction of sp³-hybridized carbons (Fsp3) is 0.227. The van der Waals surface area contributed by atoms with Gasteiger partial charge in [-0.25, -0.2) is 18.4 Å². The van der Waals surface area contributed by atoms with Crippen LogP contribution in [-0.2, 0) is 0 Å². The van der Waals surface area contributed by atoms with Gasteiger partial charge in [-0.05, 0) is 25.1 Å². The van der Waals surface area contributed by atoms with Gasteiger partial charge in [0.2, 0.25) is 5.88 Å². The smallest absolute Gasteiger partial charge is 0.281 e. The molecular formula is C22H18Cl2F2N4O. The lowest BCUT2D eigenvalue weighted by molar-refractivity contribution is -0.0444. The summed E-state index contributed by atoms with van der Waals surface area (Å²) in [5, 5.41) is 5.54. The summed E-state index contributed by atoms with van der Waals surface area (Å²) in [6, 6.07) is 14.4. The van der Waals surface area contributed by atoms with Crippen molar-refractivity contribution in [3.63, 3.8) is 0 Å². The maximum Gasteiger partial charge on any atom is 0.281 e. The summed E-state index contributed by atoms with van der Waals surface area (Å²) < 4.78 is 34.7. The topological polar surface area (TPSA) is 52.8 Å². The number of nitrogens with zero attached hydrogens (tertiary/aromatic N) is 4. The average molecular weight is 463 g/mol. The van der Waals surface area contributed by atoms with Gasteiger partial charge in [0, 0.05) is 12.0 Å². The molecule has 4 aromatic rings. The number of rotatable bonds is 6. The number of fused-ring (bicyclic) bond motifs is 1. The summed E-state index contributed by atoms with van der Waals surface area (Å²) in [5.74, 6) is -2.65. The van der Waals surface area contributed by atoms with Crippen LogP contribution in [0.1, 0.15) is 19.2 Å². The molecule has 0 unspecified atom stereocenters. The average Bonchev–Trinajstić information content (AvgIpc) is 3.11. The first-order valence-electron chi connectivity index (χ1n) is 9.58. The predicted octanol–water partition coefficient (Wildman–Crippen LogP) is 6.52. The van der Waals surface area contributed by atoms with E-state index in [1.807, 2.05) is 24.3 Å². The molecule has 2 aromatic heterocycles. The summed E-state index contributed by atoms with van der Waals surface area (Å²) in [5.41, 5.74) is 2.48. The molecule has 0 spiro atoms. The second-order valence-corrected chi connectivity index (χ2v) is 7.78. The molecule has 0 saturated carbocycles. The number of alkyl halides is 2. The van der Waals surface area contributed by atoms with E-state index in [4.69, 9.17) is 27.9 Å². The molecule has 0 aliphatic heterocycles. The van der Waals surface area contributed by atoms with Crippen LogP contribution < -0.4 is 4.74 Å². The van der Waals surface area contributed by atoms with E-state index in [2.05, 4.69) is 15.1 Å². The Morgan fingerprint density at radius 2 is 1.65 bits per heavy atom. The molecule has 0 N–H and O–H groups in total. The minimum atomic E-state index is -2.98. The van der Waals surface area contributed by atoms with Crippen LogP contribution in [-0.4, -0.2) is 32.3 Å². The van der Waals surface area contributed by atoms with E-state index < -0.39 is 12.5 Å². The molecule has 2 aromatic carbocycles. The molecule has 0 aliphatic rings. The third-order valence-corrected chi connectivity index (χ3v) is 5.40. The van der Waals surface area contributed by atoms with Gasteiger partial charge < -0.3 is 4.74 Å². The lowest BCUT2D eigenvalue weighted by atomic mass is 10.1. The molecule has 2 heterocycles. The van der Waals surface area contributed by atoms with Crippen molar-refractivity contribution >= 4 is 34.2 Å². The zero-order valence-corrected chi connectivity index (χ0v) is 18.3. The van der Waals surface area contributed by atoms with Crippen molar-refractivity contribution < 1.29 is 13.5 Å². The molecule has 160 valence electrons. The summed E-state index contributed by atoms with van der Waals surface area (Å²) in [6.07, 6.45) is -0.348. The Labute approximate surface area is 187 Å². The fourth-order valence-corrected chi connectivity index (χ4v) is 3.56. The second kappa shape index (κ2) is 8.40. The van der Waals surface area contributed by atoms with Crippen molar-refractivity contribution in [3.8, 4) is 22.8 Å². The Bertz CT molecular complexity index is 1260. The highest BCUT2D eigenvalue weighted by Gasteiger charge is 2.29. The number of ether oxygens (including phenoxy) is 1. The quantitative estimate of drug-likeness (QED) is 0.327. The number of hydrogen-bond acceptors (Lipinski definition) is 4. The third kappa shape index (κ3) is 4.20. The standard InChI is InChI=1S/C22H18Cl2F2N4O/c1-3-22(25,26)12-31-21-19-18(27-13(2)28-21)20(14-8-4-5-9-15(14)23)30(29-19)17-11-7-6-10-16(17)24/h4-11H,3,12H2,1-2H3. The van der Waals surface area contributed by atoms with Gasteiger partial charge in [-0.15, -0.1) is 0 Å². The number of para-hydroxylation sites is 1. The first-order chi connectivity index (χ1) is 14.8. The number of benzene rings is 2. The maximum absolute atomic E-state index is 13.8. The number of halogens is 4. The van der Waals surface area contributed by atoms with E-state index >= 15 is 0 Å². The van der Waals surface area contributed by atoms with E-state index in [0.29, 0.717) is 38.3 Å². The van der Waals surface area contributed by atoms with Crippen molar-refractivity contribution in [2.45, 2.75) is 26.2 Å². The summed E-state index contributed by atoms with van der Waals surface area (Å²) >= 11 is 12.9. The van der Waals surface area contributed by atoms with Gasteiger partial charge in [0.05, 0.1) is 15.7 Å². The van der Waals surface area contributed by atoms with Crippen LogP contribution in [0.2, 0.25) is 10.0 Å². The van der Waals surface area contributed by atoms with Gasteiger partial charge in [0.25, 0.3) is 5.92 Å². The molecule has 0 fully saturated rings. The number of hydrogen-bond donors (Lipinski definition) is 0. The van der Waals surface area contributed by atoms with E-state index in [-0.39, 0.29) is 17.8 Å². The van der Waals surface area contributed by atoms with Gasteiger partial charge in [-0.1, -0.05) is 60.5 Å².